The number of aliphatic imine (C=N–C) groups is 1. The highest BCUT2D eigenvalue weighted by Gasteiger charge is 2.25. The summed E-state index contributed by atoms with van der Waals surface area (Å²) in [5.74, 6) is 1.99. The Labute approximate surface area is 146 Å². The average Bonchev–Trinajstić information content (AvgIpc) is 3.28. The molecule has 5 heteroatoms. The molecule has 5 nitrogen and oxygen atoms in total. The summed E-state index contributed by atoms with van der Waals surface area (Å²) in [6.07, 6.45) is 8.39. The fraction of sp³-hybridized carbons (Fsp3) is 0.632. The molecule has 1 atom stereocenters. The summed E-state index contributed by atoms with van der Waals surface area (Å²) in [4.78, 5) is 9.59. The van der Waals surface area contributed by atoms with Crippen LogP contribution in [0.5, 0.6) is 0 Å². The van der Waals surface area contributed by atoms with Crippen molar-refractivity contribution in [3.05, 3.63) is 36.8 Å². The van der Waals surface area contributed by atoms with Crippen molar-refractivity contribution in [2.75, 3.05) is 39.8 Å². The molecule has 0 aliphatic carbocycles. The number of unbranched alkanes of at least 4 members (excludes halogenated alkanes) is 1. The van der Waals surface area contributed by atoms with Crippen LogP contribution in [-0.2, 0) is 0 Å². The van der Waals surface area contributed by atoms with Gasteiger partial charge in [0.05, 0.1) is 18.8 Å². The van der Waals surface area contributed by atoms with Crippen LogP contribution in [0.3, 0.4) is 0 Å². The minimum Gasteiger partial charge on any atom is -0.468 e. The van der Waals surface area contributed by atoms with E-state index >= 15 is 0 Å². The molecule has 1 aliphatic rings. The molecule has 0 aromatic carbocycles. The number of guanidine groups is 1. The first kappa shape index (κ1) is 18.6. The number of rotatable bonds is 9. The van der Waals surface area contributed by atoms with Gasteiger partial charge in [-0.25, -0.2) is 0 Å². The number of allylic oxidation sites excluding steroid dienone is 1. The Kier molecular flexibility index (Phi) is 7.89. The normalized spacial score (nSPS) is 17.0. The van der Waals surface area contributed by atoms with Gasteiger partial charge in [0.1, 0.15) is 5.76 Å². The molecule has 0 amide bonds. The van der Waals surface area contributed by atoms with Crippen LogP contribution in [0.4, 0.5) is 0 Å². The predicted octanol–water partition coefficient (Wildman–Crippen LogP) is 3.28. The number of nitrogens with one attached hydrogen (secondary N) is 1. The summed E-state index contributed by atoms with van der Waals surface area (Å²) < 4.78 is 5.68. The van der Waals surface area contributed by atoms with E-state index in [9.17, 15) is 0 Å². The quantitative estimate of drug-likeness (QED) is 0.326. The molecule has 24 heavy (non-hydrogen) atoms. The summed E-state index contributed by atoms with van der Waals surface area (Å²) in [6, 6.07) is 4.27. The standard InChI is InChI=1S/C19H32N4O/c1-4-6-7-12-22(3)19(20-5-2)21-16-17(18-11-10-15-24-18)23-13-8-9-14-23/h4,10-11,15,17H,1,5-9,12-14,16H2,2-3H3,(H,20,21). The van der Waals surface area contributed by atoms with Gasteiger partial charge in [-0.3, -0.25) is 9.89 Å². The first-order chi connectivity index (χ1) is 11.8. The van der Waals surface area contributed by atoms with Crippen LogP contribution in [0.1, 0.15) is 44.4 Å². The van der Waals surface area contributed by atoms with E-state index < -0.39 is 0 Å². The third kappa shape index (κ3) is 5.41. The molecule has 0 radical (unpaired) electrons. The maximum absolute atomic E-state index is 5.68. The second-order valence-electron chi connectivity index (χ2n) is 6.32. The summed E-state index contributed by atoms with van der Waals surface area (Å²) in [5, 5.41) is 3.40. The van der Waals surface area contributed by atoms with Gasteiger partial charge in [-0.1, -0.05) is 6.08 Å². The van der Waals surface area contributed by atoms with Crippen LogP contribution >= 0.6 is 0 Å². The Bertz CT molecular complexity index is 491. The van der Waals surface area contributed by atoms with Crippen molar-refractivity contribution in [3.63, 3.8) is 0 Å². The van der Waals surface area contributed by atoms with E-state index in [4.69, 9.17) is 9.41 Å². The lowest BCUT2D eigenvalue weighted by molar-refractivity contribution is 0.220. The molecule has 1 N–H and O–H groups in total. The number of likely N-dealkylation sites (tertiary alicyclic amines) is 1. The van der Waals surface area contributed by atoms with Gasteiger partial charge in [-0.05, 0) is 57.8 Å². The highest BCUT2D eigenvalue weighted by Crippen LogP contribution is 2.25. The zero-order valence-corrected chi connectivity index (χ0v) is 15.2. The third-order valence-electron chi connectivity index (χ3n) is 4.47. The van der Waals surface area contributed by atoms with Crippen LogP contribution < -0.4 is 5.32 Å². The van der Waals surface area contributed by atoms with Gasteiger partial charge in [-0.15, -0.1) is 6.58 Å². The molecule has 1 aromatic heterocycles. The maximum atomic E-state index is 5.68. The Morgan fingerprint density at radius 1 is 1.50 bits per heavy atom. The topological polar surface area (TPSA) is 44.0 Å². The average molecular weight is 332 g/mol. The molecule has 1 fully saturated rings. The first-order valence-corrected chi connectivity index (χ1v) is 9.14. The molecule has 2 heterocycles. The van der Waals surface area contributed by atoms with Crippen LogP contribution in [0.25, 0.3) is 0 Å². The Hall–Kier alpha value is -1.75. The molecule has 0 bridgehead atoms. The zero-order chi connectivity index (χ0) is 17.2. The van der Waals surface area contributed by atoms with Crippen LogP contribution in [0.15, 0.2) is 40.5 Å². The molecule has 134 valence electrons. The smallest absolute Gasteiger partial charge is 0.193 e. The molecule has 1 aliphatic heterocycles. The number of hydrogen-bond acceptors (Lipinski definition) is 3. The Morgan fingerprint density at radius 3 is 2.92 bits per heavy atom. The maximum Gasteiger partial charge on any atom is 0.193 e. The van der Waals surface area contributed by atoms with E-state index in [1.54, 1.807) is 6.26 Å². The largest absolute Gasteiger partial charge is 0.468 e. The molecule has 2 rings (SSSR count). The minimum absolute atomic E-state index is 0.234. The second-order valence-corrected chi connectivity index (χ2v) is 6.32. The van der Waals surface area contributed by atoms with Crippen molar-refractivity contribution in [2.45, 2.75) is 38.6 Å². The Morgan fingerprint density at radius 2 is 2.29 bits per heavy atom. The van der Waals surface area contributed by atoms with Crippen molar-refractivity contribution in [2.24, 2.45) is 4.99 Å². The van der Waals surface area contributed by atoms with E-state index in [1.807, 2.05) is 12.1 Å². The molecule has 1 unspecified atom stereocenters. The fourth-order valence-corrected chi connectivity index (χ4v) is 3.14. The van der Waals surface area contributed by atoms with Crippen LogP contribution in [-0.4, -0.2) is 55.5 Å². The van der Waals surface area contributed by atoms with Gasteiger partial charge in [0.2, 0.25) is 0 Å². The van der Waals surface area contributed by atoms with Gasteiger partial charge in [-0.2, -0.15) is 0 Å². The first-order valence-electron chi connectivity index (χ1n) is 9.14. The van der Waals surface area contributed by atoms with Crippen molar-refractivity contribution in [3.8, 4) is 0 Å². The van der Waals surface area contributed by atoms with Gasteiger partial charge >= 0.3 is 0 Å². The SMILES string of the molecule is C=CCCCN(C)C(=NCC(c1ccco1)N1CCCC1)NCC. The highest BCUT2D eigenvalue weighted by atomic mass is 16.3. The summed E-state index contributed by atoms with van der Waals surface area (Å²) in [6.45, 7) is 10.7. The second kappa shape index (κ2) is 10.2. The van der Waals surface area contributed by atoms with Crippen molar-refractivity contribution >= 4 is 5.96 Å². The van der Waals surface area contributed by atoms with E-state index in [0.29, 0.717) is 0 Å². The predicted molar refractivity (Wildman–Crippen MR) is 100 cm³/mol. The molecular weight excluding hydrogens is 300 g/mol. The third-order valence-corrected chi connectivity index (χ3v) is 4.47. The molecular formula is C19H32N4O. The lowest BCUT2D eigenvalue weighted by atomic mass is 10.2. The van der Waals surface area contributed by atoms with E-state index in [2.05, 4.69) is 41.7 Å². The van der Waals surface area contributed by atoms with Gasteiger partial charge in [0.25, 0.3) is 0 Å². The summed E-state index contributed by atoms with van der Waals surface area (Å²) >= 11 is 0. The van der Waals surface area contributed by atoms with E-state index in [-0.39, 0.29) is 6.04 Å². The molecule has 1 aromatic rings. The number of nitrogens with zero attached hydrogens (tertiary/aromatic N) is 3. The van der Waals surface area contributed by atoms with E-state index in [1.165, 1.54) is 12.8 Å². The summed E-state index contributed by atoms with van der Waals surface area (Å²) in [5.41, 5.74) is 0. The number of furan rings is 1. The van der Waals surface area contributed by atoms with Gasteiger partial charge in [0, 0.05) is 20.1 Å². The molecule has 0 saturated carbocycles. The monoisotopic (exact) mass is 332 g/mol. The van der Waals surface area contributed by atoms with Crippen LogP contribution in [0, 0.1) is 0 Å². The van der Waals surface area contributed by atoms with Crippen molar-refractivity contribution in [1.82, 2.24) is 15.1 Å². The summed E-state index contributed by atoms with van der Waals surface area (Å²) in [7, 11) is 2.10. The molecule has 0 spiro atoms. The lowest BCUT2D eigenvalue weighted by Gasteiger charge is -2.26. The number of hydrogen-bond donors (Lipinski definition) is 1. The molecule has 1 saturated heterocycles. The van der Waals surface area contributed by atoms with Gasteiger partial charge in [0.15, 0.2) is 5.96 Å². The van der Waals surface area contributed by atoms with Gasteiger partial charge < -0.3 is 14.6 Å². The van der Waals surface area contributed by atoms with Crippen molar-refractivity contribution < 1.29 is 4.42 Å². The highest BCUT2D eigenvalue weighted by molar-refractivity contribution is 5.79. The van der Waals surface area contributed by atoms with Crippen LogP contribution in [0.2, 0.25) is 0 Å². The van der Waals surface area contributed by atoms with E-state index in [0.717, 1.165) is 57.3 Å². The minimum atomic E-state index is 0.234. The van der Waals surface area contributed by atoms with Crippen molar-refractivity contribution in [1.29, 1.82) is 0 Å². The Balaban J connectivity index is 2.03. The zero-order valence-electron chi connectivity index (χ0n) is 15.2. The lowest BCUT2D eigenvalue weighted by Crippen LogP contribution is -2.40. The fourth-order valence-electron chi connectivity index (χ4n) is 3.14.